The number of nitrogens with zero attached hydrogens (tertiary/aromatic N) is 3. The van der Waals surface area contributed by atoms with E-state index in [-0.39, 0.29) is 0 Å². The van der Waals surface area contributed by atoms with Crippen molar-refractivity contribution in [1.82, 2.24) is 9.97 Å². The molecule has 21 heavy (non-hydrogen) atoms. The molecule has 0 amide bonds. The number of thioether (sulfide) groups is 1. The van der Waals surface area contributed by atoms with Gasteiger partial charge in [0.1, 0.15) is 33.8 Å². The molecule has 0 atom stereocenters. The Bertz CT molecular complexity index is 719. The molecule has 0 radical (unpaired) electrons. The van der Waals surface area contributed by atoms with Gasteiger partial charge >= 0.3 is 5.97 Å². The first-order chi connectivity index (χ1) is 10.1. The van der Waals surface area contributed by atoms with Gasteiger partial charge in [-0.05, 0) is 19.9 Å². The lowest BCUT2D eigenvalue weighted by molar-refractivity contribution is 0.0598. The number of carbonyl (C=O) groups excluding carboxylic acids is 1. The smallest absolute Gasteiger partial charge is 0.341 e. The van der Waals surface area contributed by atoms with Crippen LogP contribution >= 0.6 is 11.8 Å². The van der Waals surface area contributed by atoms with Crippen LogP contribution in [0.25, 0.3) is 0 Å². The zero-order valence-electron chi connectivity index (χ0n) is 11.8. The molecule has 0 N–H and O–H groups in total. The molecule has 6 nitrogen and oxygen atoms in total. The van der Waals surface area contributed by atoms with Gasteiger partial charge in [-0.15, -0.1) is 0 Å². The molecule has 0 aliphatic heterocycles. The number of methoxy groups -OCH3 is 1. The van der Waals surface area contributed by atoms with Gasteiger partial charge in [0.15, 0.2) is 0 Å². The summed E-state index contributed by atoms with van der Waals surface area (Å²) in [4.78, 5) is 20.0. The number of esters is 1. The first-order valence-electron chi connectivity index (χ1n) is 6.09. The second-order valence-electron chi connectivity index (χ2n) is 4.19. The van der Waals surface area contributed by atoms with Gasteiger partial charge in [0.05, 0.1) is 24.8 Å². The molecule has 0 saturated carbocycles. The van der Waals surface area contributed by atoms with E-state index in [0.717, 1.165) is 0 Å². The fraction of sp³-hybridized carbons (Fsp3) is 0.286. The van der Waals surface area contributed by atoms with E-state index in [2.05, 4.69) is 20.8 Å². The minimum absolute atomic E-state index is 0.377. The highest BCUT2D eigenvalue weighted by atomic mass is 32.2. The number of rotatable bonds is 4. The van der Waals surface area contributed by atoms with Gasteiger partial charge in [0.25, 0.3) is 0 Å². The van der Waals surface area contributed by atoms with Gasteiger partial charge in [-0.3, -0.25) is 0 Å². The lowest BCUT2D eigenvalue weighted by atomic mass is 10.2. The van der Waals surface area contributed by atoms with Crippen LogP contribution in [0, 0.1) is 25.2 Å². The Morgan fingerprint density at radius 2 is 2.24 bits per heavy atom. The molecule has 2 rings (SSSR count). The van der Waals surface area contributed by atoms with Crippen LogP contribution < -0.4 is 0 Å². The number of ether oxygens (including phenoxy) is 1. The number of aryl methyl sites for hydroxylation is 2. The van der Waals surface area contributed by atoms with Crippen molar-refractivity contribution in [2.24, 2.45) is 0 Å². The number of furan rings is 1. The zero-order valence-corrected chi connectivity index (χ0v) is 12.7. The summed E-state index contributed by atoms with van der Waals surface area (Å²) in [5.74, 6) is 1.02. The van der Waals surface area contributed by atoms with Crippen molar-refractivity contribution in [2.45, 2.75) is 24.6 Å². The molecule has 0 aliphatic rings. The van der Waals surface area contributed by atoms with E-state index < -0.39 is 5.97 Å². The van der Waals surface area contributed by atoms with Crippen LogP contribution in [-0.4, -0.2) is 23.0 Å². The highest BCUT2D eigenvalue weighted by molar-refractivity contribution is 7.98. The van der Waals surface area contributed by atoms with Crippen molar-refractivity contribution in [3.8, 4) is 6.07 Å². The third-order valence-electron chi connectivity index (χ3n) is 2.77. The van der Waals surface area contributed by atoms with Crippen molar-refractivity contribution >= 4 is 17.7 Å². The van der Waals surface area contributed by atoms with Gasteiger partial charge in [-0.2, -0.15) is 5.26 Å². The SMILES string of the molecule is COC(=O)c1ccoc1CSc1nc(C)nc(C)c1C#N. The molecule has 0 bridgehead atoms. The molecule has 2 aromatic rings. The molecule has 0 aliphatic carbocycles. The third kappa shape index (κ3) is 3.23. The van der Waals surface area contributed by atoms with Crippen LogP contribution in [0.4, 0.5) is 0 Å². The summed E-state index contributed by atoms with van der Waals surface area (Å²) in [5, 5.41) is 9.77. The summed E-state index contributed by atoms with van der Waals surface area (Å²) in [6.07, 6.45) is 1.43. The summed E-state index contributed by atoms with van der Waals surface area (Å²) < 4.78 is 9.98. The lowest BCUT2D eigenvalue weighted by Crippen LogP contribution is -2.03. The third-order valence-corrected chi connectivity index (χ3v) is 3.75. The fourth-order valence-electron chi connectivity index (χ4n) is 1.79. The minimum Gasteiger partial charge on any atom is -0.468 e. The fourth-order valence-corrected chi connectivity index (χ4v) is 2.82. The van der Waals surface area contributed by atoms with Gasteiger partial charge < -0.3 is 9.15 Å². The van der Waals surface area contributed by atoms with Crippen molar-refractivity contribution in [3.63, 3.8) is 0 Å². The van der Waals surface area contributed by atoms with Crippen LogP contribution in [0.1, 0.15) is 33.2 Å². The summed E-state index contributed by atoms with van der Waals surface area (Å²) in [6.45, 7) is 3.54. The maximum absolute atomic E-state index is 11.6. The molecule has 0 spiro atoms. The van der Waals surface area contributed by atoms with Crippen LogP contribution in [0.2, 0.25) is 0 Å². The maximum Gasteiger partial charge on any atom is 0.341 e. The first kappa shape index (κ1) is 15.1. The summed E-state index contributed by atoms with van der Waals surface area (Å²) in [7, 11) is 1.32. The second-order valence-corrected chi connectivity index (χ2v) is 5.15. The topological polar surface area (TPSA) is 89.0 Å². The number of carbonyl (C=O) groups is 1. The van der Waals surface area contributed by atoms with Crippen LogP contribution in [0.15, 0.2) is 21.8 Å². The highest BCUT2D eigenvalue weighted by Gasteiger charge is 2.17. The normalized spacial score (nSPS) is 10.2. The number of nitriles is 1. The minimum atomic E-state index is -0.449. The van der Waals surface area contributed by atoms with Gasteiger partial charge in [-0.1, -0.05) is 11.8 Å². The highest BCUT2D eigenvalue weighted by Crippen LogP contribution is 2.27. The summed E-state index contributed by atoms with van der Waals surface area (Å²) >= 11 is 1.32. The van der Waals surface area contributed by atoms with E-state index in [9.17, 15) is 10.1 Å². The molecule has 0 fully saturated rings. The van der Waals surface area contributed by atoms with Gasteiger partial charge in [-0.25, -0.2) is 14.8 Å². The van der Waals surface area contributed by atoms with E-state index in [1.165, 1.54) is 25.1 Å². The molecular weight excluding hydrogens is 290 g/mol. The Kier molecular flexibility index (Phi) is 4.60. The lowest BCUT2D eigenvalue weighted by Gasteiger charge is -2.06. The first-order valence-corrected chi connectivity index (χ1v) is 7.08. The van der Waals surface area contributed by atoms with E-state index in [1.807, 2.05) is 0 Å². The van der Waals surface area contributed by atoms with Crippen LogP contribution in [0.5, 0.6) is 0 Å². The predicted molar refractivity (Wildman–Crippen MR) is 75.8 cm³/mol. The Morgan fingerprint density at radius 3 is 2.90 bits per heavy atom. The summed E-state index contributed by atoms with van der Waals surface area (Å²) in [6, 6.07) is 3.66. The predicted octanol–water partition coefficient (Wildman–Crippen LogP) is 2.64. The maximum atomic E-state index is 11.6. The average molecular weight is 303 g/mol. The Hall–Kier alpha value is -2.33. The number of hydrogen-bond donors (Lipinski definition) is 0. The molecule has 2 heterocycles. The number of hydrogen-bond acceptors (Lipinski definition) is 7. The Morgan fingerprint density at radius 1 is 1.48 bits per heavy atom. The standard InChI is InChI=1S/C14H13N3O3S/c1-8-11(6-15)13(17-9(2)16-8)21-7-12-10(4-5-20-12)14(18)19-3/h4-5H,7H2,1-3H3. The van der Waals surface area contributed by atoms with Crippen LogP contribution in [0.3, 0.4) is 0 Å². The van der Waals surface area contributed by atoms with Crippen molar-refractivity contribution in [2.75, 3.05) is 7.11 Å². The molecule has 0 unspecified atom stereocenters. The van der Waals surface area contributed by atoms with Crippen molar-refractivity contribution in [1.29, 1.82) is 5.26 Å². The molecule has 0 saturated heterocycles. The largest absolute Gasteiger partial charge is 0.468 e. The van der Waals surface area contributed by atoms with E-state index in [1.54, 1.807) is 19.9 Å². The monoisotopic (exact) mass is 303 g/mol. The molecular formula is C14H13N3O3S. The van der Waals surface area contributed by atoms with E-state index in [4.69, 9.17) is 4.42 Å². The molecule has 2 aromatic heterocycles. The van der Waals surface area contributed by atoms with Gasteiger partial charge in [0.2, 0.25) is 0 Å². The molecule has 7 heteroatoms. The van der Waals surface area contributed by atoms with E-state index in [0.29, 0.717) is 39.2 Å². The second kappa shape index (κ2) is 6.41. The average Bonchev–Trinajstić information content (AvgIpc) is 2.92. The van der Waals surface area contributed by atoms with E-state index >= 15 is 0 Å². The van der Waals surface area contributed by atoms with Crippen molar-refractivity contribution in [3.05, 3.63) is 40.7 Å². The number of aromatic nitrogens is 2. The Balaban J connectivity index is 2.24. The quantitative estimate of drug-likeness (QED) is 0.487. The van der Waals surface area contributed by atoms with Crippen molar-refractivity contribution < 1.29 is 13.9 Å². The Labute approximate surface area is 126 Å². The summed E-state index contributed by atoms with van der Waals surface area (Å²) in [5.41, 5.74) is 1.46. The zero-order chi connectivity index (χ0) is 15.4. The van der Waals surface area contributed by atoms with Crippen LogP contribution in [-0.2, 0) is 10.5 Å². The van der Waals surface area contributed by atoms with Gasteiger partial charge in [0, 0.05) is 0 Å². The molecule has 108 valence electrons. The molecule has 0 aromatic carbocycles.